The largest absolute Gasteiger partial charge is 0.479 e. The smallest absolute Gasteiger partial charge is 0.241 e. The van der Waals surface area contributed by atoms with Gasteiger partial charge in [-0.25, -0.2) is 23.4 Å². The molecule has 1 N–H and O–H groups in total. The number of hydrogen-bond acceptors (Lipinski definition) is 10. The van der Waals surface area contributed by atoms with E-state index in [1.54, 1.807) is 25.3 Å². The van der Waals surface area contributed by atoms with Gasteiger partial charge in [-0.05, 0) is 19.9 Å². The fourth-order valence-electron chi connectivity index (χ4n) is 4.17. The summed E-state index contributed by atoms with van der Waals surface area (Å²) in [6, 6.07) is 7.55. The first kappa shape index (κ1) is 25.7. The van der Waals surface area contributed by atoms with Gasteiger partial charge in [0.05, 0.1) is 28.6 Å². The molecule has 0 saturated heterocycles. The monoisotopic (exact) mass is 553 g/mol. The Balaban J connectivity index is 1.63. The van der Waals surface area contributed by atoms with E-state index in [1.165, 1.54) is 25.8 Å². The summed E-state index contributed by atoms with van der Waals surface area (Å²) in [4.78, 5) is 16.9. The molecule has 0 amide bonds. The molecule has 0 aliphatic carbocycles. The molecule has 5 aromatic rings. The molecule has 0 aliphatic rings. The van der Waals surface area contributed by atoms with Crippen molar-refractivity contribution in [1.82, 2.24) is 44.9 Å². The van der Waals surface area contributed by atoms with Crippen molar-refractivity contribution in [3.05, 3.63) is 65.4 Å². The molecular formula is C24H24ClN9O3S. The number of methoxy groups -OCH3 is 1. The average molecular weight is 554 g/mol. The maximum atomic E-state index is 13.7. The number of aromatic amines is 1. The standard InChI is InChI=1S/C24H24ClN9O3S/c1-13(22-26-9-16(25)10-27-22)15(3)38(35,36)11-19-31-33-23(20-17-7-5-6-8-18(17)30-32-20)34(19)21-14(2)28-12-29-24(21)37-4/h5-10,12-13,15H,11H2,1-4H3,(H,30,32)/t13-,15-/m0/s1. The molecule has 5 rings (SSSR count). The predicted octanol–water partition coefficient (Wildman–Crippen LogP) is 3.47. The van der Waals surface area contributed by atoms with E-state index in [4.69, 9.17) is 16.3 Å². The highest BCUT2D eigenvalue weighted by molar-refractivity contribution is 7.91. The quantitative estimate of drug-likeness (QED) is 0.302. The van der Waals surface area contributed by atoms with Crippen LogP contribution in [0.4, 0.5) is 0 Å². The van der Waals surface area contributed by atoms with Crippen LogP contribution in [0.3, 0.4) is 0 Å². The van der Waals surface area contributed by atoms with Gasteiger partial charge < -0.3 is 4.74 Å². The minimum absolute atomic E-state index is 0.166. The van der Waals surface area contributed by atoms with E-state index in [1.807, 2.05) is 24.3 Å². The third-order valence-corrected chi connectivity index (χ3v) is 8.85. The second kappa shape index (κ2) is 10.1. The van der Waals surface area contributed by atoms with Crippen LogP contribution in [0.1, 0.15) is 37.1 Å². The maximum Gasteiger partial charge on any atom is 0.241 e. The SMILES string of the molecule is COc1ncnc(C)c1-n1c(CS(=O)(=O)[C@@H](C)[C@H](C)c2ncc(Cl)cn2)nnc1-c1n[nH]c2ccccc12. The van der Waals surface area contributed by atoms with Gasteiger partial charge in [0.15, 0.2) is 21.5 Å². The lowest BCUT2D eigenvalue weighted by Gasteiger charge is -2.20. The summed E-state index contributed by atoms with van der Waals surface area (Å²) in [5, 5.41) is 16.4. The lowest BCUT2D eigenvalue weighted by atomic mass is 10.1. The first-order valence-electron chi connectivity index (χ1n) is 11.6. The molecule has 14 heteroatoms. The molecule has 0 bridgehead atoms. The van der Waals surface area contributed by atoms with Crippen molar-refractivity contribution in [2.45, 2.75) is 37.7 Å². The van der Waals surface area contributed by atoms with Crippen molar-refractivity contribution < 1.29 is 13.2 Å². The Morgan fingerprint density at radius 1 is 1.08 bits per heavy atom. The van der Waals surface area contributed by atoms with Crippen LogP contribution in [-0.2, 0) is 15.6 Å². The molecule has 4 aromatic heterocycles. The van der Waals surface area contributed by atoms with Crippen LogP contribution in [0.15, 0.2) is 43.0 Å². The van der Waals surface area contributed by atoms with Gasteiger partial charge in [-0.2, -0.15) is 10.1 Å². The second-order valence-electron chi connectivity index (χ2n) is 8.77. The van der Waals surface area contributed by atoms with E-state index in [0.717, 1.165) is 10.9 Å². The van der Waals surface area contributed by atoms with Gasteiger partial charge in [-0.15, -0.1) is 10.2 Å². The van der Waals surface area contributed by atoms with Crippen LogP contribution in [0.2, 0.25) is 5.02 Å². The fraction of sp³-hybridized carbons (Fsp3) is 0.292. The number of hydrogen-bond donors (Lipinski definition) is 1. The van der Waals surface area contributed by atoms with Gasteiger partial charge in [0.1, 0.15) is 29.3 Å². The zero-order valence-corrected chi connectivity index (χ0v) is 22.6. The number of para-hydroxylation sites is 1. The molecule has 0 aliphatic heterocycles. The highest BCUT2D eigenvalue weighted by Crippen LogP contribution is 2.33. The third kappa shape index (κ3) is 4.58. The number of H-pyrrole nitrogens is 1. The van der Waals surface area contributed by atoms with Crippen molar-refractivity contribution in [2.24, 2.45) is 0 Å². The van der Waals surface area contributed by atoms with Gasteiger partial charge in [0.2, 0.25) is 5.88 Å². The molecule has 12 nitrogen and oxygen atoms in total. The number of rotatable bonds is 8. The summed E-state index contributed by atoms with van der Waals surface area (Å²) in [5.41, 5.74) is 2.27. The maximum absolute atomic E-state index is 13.7. The Morgan fingerprint density at radius 3 is 2.55 bits per heavy atom. The molecule has 0 unspecified atom stereocenters. The van der Waals surface area contributed by atoms with E-state index in [0.29, 0.717) is 33.7 Å². The van der Waals surface area contributed by atoms with E-state index in [9.17, 15) is 8.42 Å². The van der Waals surface area contributed by atoms with Gasteiger partial charge in [-0.3, -0.25) is 9.67 Å². The molecule has 38 heavy (non-hydrogen) atoms. The van der Waals surface area contributed by atoms with E-state index in [-0.39, 0.29) is 11.7 Å². The molecule has 0 radical (unpaired) electrons. The normalized spacial score (nSPS) is 13.5. The highest BCUT2D eigenvalue weighted by atomic mass is 35.5. The Bertz CT molecular complexity index is 1720. The van der Waals surface area contributed by atoms with Crippen molar-refractivity contribution >= 4 is 32.3 Å². The van der Waals surface area contributed by atoms with Crippen molar-refractivity contribution in [3.8, 4) is 23.1 Å². The number of nitrogens with zero attached hydrogens (tertiary/aromatic N) is 8. The van der Waals surface area contributed by atoms with Gasteiger partial charge in [-0.1, -0.05) is 36.7 Å². The van der Waals surface area contributed by atoms with E-state index < -0.39 is 26.8 Å². The van der Waals surface area contributed by atoms with Gasteiger partial charge in [0.25, 0.3) is 0 Å². The molecular weight excluding hydrogens is 530 g/mol. The van der Waals surface area contributed by atoms with Crippen LogP contribution >= 0.6 is 11.6 Å². The molecule has 0 saturated carbocycles. The molecule has 0 spiro atoms. The van der Waals surface area contributed by atoms with Crippen LogP contribution in [-0.4, -0.2) is 65.7 Å². The Morgan fingerprint density at radius 2 is 1.82 bits per heavy atom. The van der Waals surface area contributed by atoms with Gasteiger partial charge in [0, 0.05) is 23.7 Å². The minimum atomic E-state index is -3.78. The number of fused-ring (bicyclic) bond motifs is 1. The molecule has 4 heterocycles. The summed E-state index contributed by atoms with van der Waals surface area (Å²) in [5.74, 6) is 0.196. The summed E-state index contributed by atoms with van der Waals surface area (Å²) in [6.07, 6.45) is 4.26. The fourth-order valence-corrected chi connectivity index (χ4v) is 5.82. The number of benzene rings is 1. The Hall–Kier alpha value is -3.97. The highest BCUT2D eigenvalue weighted by Gasteiger charge is 2.33. The zero-order valence-electron chi connectivity index (χ0n) is 21.0. The summed E-state index contributed by atoms with van der Waals surface area (Å²) in [7, 11) is -2.30. The Kier molecular flexibility index (Phi) is 6.80. The van der Waals surface area contributed by atoms with Crippen LogP contribution in [0.5, 0.6) is 5.88 Å². The second-order valence-corrected chi connectivity index (χ2v) is 11.6. The summed E-state index contributed by atoms with van der Waals surface area (Å²) >= 11 is 5.90. The number of aryl methyl sites for hydroxylation is 1. The van der Waals surface area contributed by atoms with Crippen LogP contribution in [0, 0.1) is 6.92 Å². The van der Waals surface area contributed by atoms with E-state index in [2.05, 4.69) is 40.3 Å². The number of ether oxygens (including phenoxy) is 1. The first-order chi connectivity index (χ1) is 18.2. The van der Waals surface area contributed by atoms with Crippen molar-refractivity contribution in [1.29, 1.82) is 0 Å². The van der Waals surface area contributed by atoms with Crippen molar-refractivity contribution in [3.63, 3.8) is 0 Å². The third-order valence-electron chi connectivity index (χ3n) is 6.45. The molecule has 196 valence electrons. The number of nitrogens with one attached hydrogen (secondary N) is 1. The zero-order chi connectivity index (χ0) is 27.0. The van der Waals surface area contributed by atoms with E-state index >= 15 is 0 Å². The first-order valence-corrected chi connectivity index (χ1v) is 13.7. The van der Waals surface area contributed by atoms with Crippen molar-refractivity contribution in [2.75, 3.05) is 7.11 Å². The van der Waals surface area contributed by atoms with Gasteiger partial charge >= 0.3 is 0 Å². The van der Waals surface area contributed by atoms with Crippen LogP contribution in [0.25, 0.3) is 28.1 Å². The lowest BCUT2D eigenvalue weighted by Crippen LogP contribution is -2.27. The number of sulfone groups is 1. The molecule has 0 fully saturated rings. The average Bonchev–Trinajstić information content (AvgIpc) is 3.51. The summed E-state index contributed by atoms with van der Waals surface area (Å²) in [6.45, 7) is 5.15. The molecule has 1 aromatic carbocycles. The topological polar surface area (TPSA) is 154 Å². The molecule has 2 atom stereocenters. The lowest BCUT2D eigenvalue weighted by molar-refractivity contribution is 0.394. The minimum Gasteiger partial charge on any atom is -0.479 e. The summed E-state index contributed by atoms with van der Waals surface area (Å²) < 4.78 is 34.4. The Labute approximate surface area is 223 Å². The van der Waals surface area contributed by atoms with Crippen LogP contribution < -0.4 is 4.74 Å². The number of halogens is 1. The predicted molar refractivity (Wildman–Crippen MR) is 141 cm³/mol. The number of aromatic nitrogens is 9.